The standard InChI is InChI=1S/C13H15NO4/c1-18-8-9-2-4-10(5-3-9)12(15)14-6-11(7-14)13(16)17/h2-5,11H,6-8H2,1H3,(H,16,17). The normalized spacial score (nSPS) is 15.3. The number of amides is 1. The van der Waals surface area contributed by atoms with E-state index in [4.69, 9.17) is 9.84 Å². The number of ether oxygens (including phenoxy) is 1. The summed E-state index contributed by atoms with van der Waals surface area (Å²) >= 11 is 0. The van der Waals surface area contributed by atoms with Crippen molar-refractivity contribution < 1.29 is 19.4 Å². The maximum atomic E-state index is 12.0. The second-order valence-electron chi connectivity index (χ2n) is 4.38. The molecule has 1 heterocycles. The zero-order valence-corrected chi connectivity index (χ0v) is 10.1. The average molecular weight is 249 g/mol. The Morgan fingerprint density at radius 3 is 2.44 bits per heavy atom. The van der Waals surface area contributed by atoms with E-state index in [1.165, 1.54) is 0 Å². The lowest BCUT2D eigenvalue weighted by molar-refractivity contribution is -0.146. The van der Waals surface area contributed by atoms with Crippen LogP contribution in [0.15, 0.2) is 24.3 Å². The Bertz CT molecular complexity index is 449. The molecule has 0 unspecified atom stereocenters. The SMILES string of the molecule is COCc1ccc(C(=O)N2CC(C(=O)O)C2)cc1. The van der Waals surface area contributed by atoms with E-state index < -0.39 is 11.9 Å². The number of rotatable bonds is 4. The van der Waals surface area contributed by atoms with Crippen LogP contribution in [0.2, 0.25) is 0 Å². The van der Waals surface area contributed by atoms with Gasteiger partial charge in [-0.05, 0) is 17.7 Å². The highest BCUT2D eigenvalue weighted by Gasteiger charge is 2.35. The van der Waals surface area contributed by atoms with E-state index in [1.54, 1.807) is 24.1 Å². The molecule has 96 valence electrons. The molecule has 0 saturated carbocycles. The van der Waals surface area contributed by atoms with Crippen LogP contribution in [0.1, 0.15) is 15.9 Å². The van der Waals surface area contributed by atoms with E-state index in [1.807, 2.05) is 12.1 Å². The number of likely N-dealkylation sites (tertiary alicyclic amines) is 1. The van der Waals surface area contributed by atoms with Crippen LogP contribution in [0.25, 0.3) is 0 Å². The number of nitrogens with zero attached hydrogens (tertiary/aromatic N) is 1. The fourth-order valence-corrected chi connectivity index (χ4v) is 1.89. The number of methoxy groups -OCH3 is 1. The predicted octanol–water partition coefficient (Wildman–Crippen LogP) is 0.990. The Morgan fingerprint density at radius 1 is 1.33 bits per heavy atom. The lowest BCUT2D eigenvalue weighted by atomic mass is 9.99. The molecule has 0 bridgehead atoms. The zero-order valence-electron chi connectivity index (χ0n) is 10.1. The molecular weight excluding hydrogens is 234 g/mol. The minimum Gasteiger partial charge on any atom is -0.481 e. The first-order chi connectivity index (χ1) is 8.61. The summed E-state index contributed by atoms with van der Waals surface area (Å²) in [4.78, 5) is 24.2. The summed E-state index contributed by atoms with van der Waals surface area (Å²) in [5.74, 6) is -1.37. The van der Waals surface area contributed by atoms with Crippen LogP contribution in [0.3, 0.4) is 0 Å². The van der Waals surface area contributed by atoms with Crippen LogP contribution in [0.5, 0.6) is 0 Å². The summed E-state index contributed by atoms with van der Waals surface area (Å²) < 4.78 is 4.99. The molecule has 1 aromatic carbocycles. The summed E-state index contributed by atoms with van der Waals surface area (Å²) in [5.41, 5.74) is 1.58. The van der Waals surface area contributed by atoms with Crippen molar-refractivity contribution in [3.63, 3.8) is 0 Å². The van der Waals surface area contributed by atoms with Crippen molar-refractivity contribution in [2.75, 3.05) is 20.2 Å². The first kappa shape index (κ1) is 12.6. The third-order valence-electron chi connectivity index (χ3n) is 3.03. The topological polar surface area (TPSA) is 66.8 Å². The quantitative estimate of drug-likeness (QED) is 0.864. The summed E-state index contributed by atoms with van der Waals surface area (Å²) in [6.07, 6.45) is 0. The highest BCUT2D eigenvalue weighted by molar-refractivity contribution is 5.95. The summed E-state index contributed by atoms with van der Waals surface area (Å²) in [6, 6.07) is 7.16. The molecule has 0 aliphatic carbocycles. The van der Waals surface area contributed by atoms with Crippen molar-refractivity contribution in [1.29, 1.82) is 0 Å². The van der Waals surface area contributed by atoms with Gasteiger partial charge in [0.25, 0.3) is 5.91 Å². The molecule has 0 aromatic heterocycles. The maximum Gasteiger partial charge on any atom is 0.310 e. The van der Waals surface area contributed by atoms with Gasteiger partial charge in [0.05, 0.1) is 12.5 Å². The van der Waals surface area contributed by atoms with Crippen molar-refractivity contribution in [3.05, 3.63) is 35.4 Å². The van der Waals surface area contributed by atoms with Gasteiger partial charge < -0.3 is 14.7 Å². The molecule has 0 spiro atoms. The number of carboxylic acids is 1. The van der Waals surface area contributed by atoms with Gasteiger partial charge in [-0.1, -0.05) is 12.1 Å². The van der Waals surface area contributed by atoms with E-state index in [2.05, 4.69) is 0 Å². The third kappa shape index (κ3) is 2.51. The van der Waals surface area contributed by atoms with E-state index >= 15 is 0 Å². The minimum atomic E-state index is -0.838. The number of aliphatic carboxylic acids is 1. The van der Waals surface area contributed by atoms with Crippen LogP contribution in [-0.4, -0.2) is 42.1 Å². The first-order valence-corrected chi connectivity index (χ1v) is 5.71. The predicted molar refractivity (Wildman–Crippen MR) is 64.2 cm³/mol. The first-order valence-electron chi connectivity index (χ1n) is 5.71. The smallest absolute Gasteiger partial charge is 0.310 e. The van der Waals surface area contributed by atoms with Gasteiger partial charge in [0.15, 0.2) is 0 Å². The van der Waals surface area contributed by atoms with Crippen LogP contribution in [0, 0.1) is 5.92 Å². The van der Waals surface area contributed by atoms with E-state index in [-0.39, 0.29) is 5.91 Å². The monoisotopic (exact) mass is 249 g/mol. The molecule has 1 saturated heterocycles. The highest BCUT2D eigenvalue weighted by atomic mass is 16.5. The van der Waals surface area contributed by atoms with Crippen molar-refractivity contribution in [2.24, 2.45) is 5.92 Å². The number of carbonyl (C=O) groups is 2. The molecule has 1 aromatic rings. The van der Waals surface area contributed by atoms with Gasteiger partial charge in [-0.3, -0.25) is 9.59 Å². The molecule has 5 heteroatoms. The molecule has 0 radical (unpaired) electrons. The van der Waals surface area contributed by atoms with Crippen LogP contribution >= 0.6 is 0 Å². The van der Waals surface area contributed by atoms with Crippen molar-refractivity contribution in [3.8, 4) is 0 Å². The fourth-order valence-electron chi connectivity index (χ4n) is 1.89. The second kappa shape index (κ2) is 5.18. The second-order valence-corrected chi connectivity index (χ2v) is 4.38. The number of benzene rings is 1. The van der Waals surface area contributed by atoms with Crippen molar-refractivity contribution in [1.82, 2.24) is 4.90 Å². The van der Waals surface area contributed by atoms with E-state index in [9.17, 15) is 9.59 Å². The molecular formula is C13H15NO4. The maximum absolute atomic E-state index is 12.0. The van der Waals surface area contributed by atoms with Crippen LogP contribution in [-0.2, 0) is 16.1 Å². The largest absolute Gasteiger partial charge is 0.481 e. The van der Waals surface area contributed by atoms with Crippen molar-refractivity contribution >= 4 is 11.9 Å². The number of carboxylic acid groups (broad SMARTS) is 1. The van der Waals surface area contributed by atoms with Gasteiger partial charge in [0.1, 0.15) is 0 Å². The van der Waals surface area contributed by atoms with E-state index in [0.29, 0.717) is 25.3 Å². The van der Waals surface area contributed by atoms with Crippen LogP contribution in [0.4, 0.5) is 0 Å². The molecule has 1 amide bonds. The average Bonchev–Trinajstić information content (AvgIpc) is 2.27. The van der Waals surface area contributed by atoms with Gasteiger partial charge in [-0.25, -0.2) is 0 Å². The zero-order chi connectivity index (χ0) is 13.1. The molecule has 1 N–H and O–H groups in total. The molecule has 18 heavy (non-hydrogen) atoms. The Hall–Kier alpha value is -1.88. The lowest BCUT2D eigenvalue weighted by Crippen LogP contribution is -2.53. The molecule has 2 rings (SSSR count). The van der Waals surface area contributed by atoms with Crippen molar-refractivity contribution in [2.45, 2.75) is 6.61 Å². The Balaban J connectivity index is 1.96. The Labute approximate surface area is 105 Å². The Morgan fingerprint density at radius 2 is 1.94 bits per heavy atom. The number of hydrogen-bond donors (Lipinski definition) is 1. The van der Waals surface area contributed by atoms with Gasteiger partial charge in [0.2, 0.25) is 0 Å². The number of carbonyl (C=O) groups excluding carboxylic acids is 1. The highest BCUT2D eigenvalue weighted by Crippen LogP contribution is 2.19. The third-order valence-corrected chi connectivity index (χ3v) is 3.03. The summed E-state index contributed by atoms with van der Waals surface area (Å²) in [7, 11) is 1.62. The van der Waals surface area contributed by atoms with Gasteiger partial charge in [0, 0.05) is 25.8 Å². The molecule has 1 aliphatic heterocycles. The van der Waals surface area contributed by atoms with Crippen LogP contribution < -0.4 is 0 Å². The lowest BCUT2D eigenvalue weighted by Gasteiger charge is -2.36. The van der Waals surface area contributed by atoms with Gasteiger partial charge >= 0.3 is 5.97 Å². The fraction of sp³-hybridized carbons (Fsp3) is 0.385. The number of hydrogen-bond acceptors (Lipinski definition) is 3. The summed E-state index contributed by atoms with van der Waals surface area (Å²) in [5, 5.41) is 8.75. The summed E-state index contributed by atoms with van der Waals surface area (Å²) in [6.45, 7) is 1.11. The van der Waals surface area contributed by atoms with Gasteiger partial charge in [-0.15, -0.1) is 0 Å². The molecule has 0 atom stereocenters. The van der Waals surface area contributed by atoms with Gasteiger partial charge in [-0.2, -0.15) is 0 Å². The van der Waals surface area contributed by atoms with E-state index in [0.717, 1.165) is 5.56 Å². The Kier molecular flexibility index (Phi) is 3.62. The molecule has 1 fully saturated rings. The minimum absolute atomic E-state index is 0.114. The molecule has 5 nitrogen and oxygen atoms in total. The molecule has 1 aliphatic rings.